The molecule has 0 aliphatic rings. The van der Waals surface area contributed by atoms with Crippen LogP contribution >= 0.6 is 11.8 Å². The molecular formula is C24H25N5O2S. The van der Waals surface area contributed by atoms with Gasteiger partial charge in [0.1, 0.15) is 5.52 Å². The Morgan fingerprint density at radius 3 is 2.56 bits per heavy atom. The van der Waals surface area contributed by atoms with E-state index in [0.29, 0.717) is 22.7 Å². The van der Waals surface area contributed by atoms with E-state index in [1.807, 2.05) is 62.4 Å². The van der Waals surface area contributed by atoms with Gasteiger partial charge in [-0.1, -0.05) is 53.7 Å². The molecule has 164 valence electrons. The highest BCUT2D eigenvalue weighted by Crippen LogP contribution is 2.21. The SMILES string of the molecule is Cc1ccc(Cn2c(SCC(=O)N(C)c3cccc(C)c3)nc3cn(C)nc3c2=O)cc1. The van der Waals surface area contributed by atoms with Crippen LogP contribution in [0.4, 0.5) is 5.69 Å². The summed E-state index contributed by atoms with van der Waals surface area (Å²) in [6.07, 6.45) is 1.72. The maximum atomic E-state index is 13.2. The molecule has 4 aromatic rings. The van der Waals surface area contributed by atoms with E-state index >= 15 is 0 Å². The van der Waals surface area contributed by atoms with Crippen molar-refractivity contribution in [3.63, 3.8) is 0 Å². The molecule has 2 aromatic heterocycles. The number of benzene rings is 2. The van der Waals surface area contributed by atoms with E-state index in [-0.39, 0.29) is 17.2 Å². The fourth-order valence-corrected chi connectivity index (χ4v) is 4.33. The molecule has 7 nitrogen and oxygen atoms in total. The third kappa shape index (κ3) is 4.60. The zero-order valence-corrected chi connectivity index (χ0v) is 19.4. The lowest BCUT2D eigenvalue weighted by Crippen LogP contribution is -2.29. The van der Waals surface area contributed by atoms with Crippen molar-refractivity contribution >= 4 is 34.4 Å². The number of hydrogen-bond donors (Lipinski definition) is 0. The highest BCUT2D eigenvalue weighted by atomic mass is 32.2. The molecule has 0 fully saturated rings. The molecule has 0 saturated carbocycles. The molecule has 2 aromatic carbocycles. The number of fused-ring (bicyclic) bond motifs is 1. The molecule has 0 bridgehead atoms. The smallest absolute Gasteiger partial charge is 0.282 e. The molecule has 0 N–H and O–H groups in total. The van der Waals surface area contributed by atoms with Gasteiger partial charge in [0, 0.05) is 19.8 Å². The summed E-state index contributed by atoms with van der Waals surface area (Å²) in [5.74, 6) is 0.0966. The van der Waals surface area contributed by atoms with Crippen molar-refractivity contribution in [1.82, 2.24) is 19.3 Å². The van der Waals surface area contributed by atoms with Gasteiger partial charge in [0.05, 0.1) is 18.5 Å². The van der Waals surface area contributed by atoms with Gasteiger partial charge in [-0.05, 0) is 37.1 Å². The largest absolute Gasteiger partial charge is 0.315 e. The molecule has 0 aliphatic heterocycles. The average molecular weight is 448 g/mol. The normalized spacial score (nSPS) is 11.1. The first-order valence-corrected chi connectivity index (χ1v) is 11.3. The maximum absolute atomic E-state index is 13.2. The second kappa shape index (κ2) is 9.00. The summed E-state index contributed by atoms with van der Waals surface area (Å²) >= 11 is 1.27. The van der Waals surface area contributed by atoms with Crippen molar-refractivity contribution < 1.29 is 4.79 Å². The molecule has 1 amide bonds. The minimum atomic E-state index is -0.210. The first kappa shape index (κ1) is 21.8. The minimum Gasteiger partial charge on any atom is -0.315 e. The van der Waals surface area contributed by atoms with Crippen molar-refractivity contribution in [2.75, 3.05) is 17.7 Å². The summed E-state index contributed by atoms with van der Waals surface area (Å²) in [7, 11) is 3.52. The molecule has 0 aliphatic carbocycles. The Labute approximate surface area is 190 Å². The zero-order valence-electron chi connectivity index (χ0n) is 18.6. The van der Waals surface area contributed by atoms with Gasteiger partial charge >= 0.3 is 0 Å². The monoisotopic (exact) mass is 447 g/mol. The lowest BCUT2D eigenvalue weighted by atomic mass is 10.1. The van der Waals surface area contributed by atoms with Gasteiger partial charge in [-0.2, -0.15) is 5.10 Å². The van der Waals surface area contributed by atoms with Gasteiger partial charge in [-0.3, -0.25) is 18.8 Å². The number of aromatic nitrogens is 4. The Balaban J connectivity index is 1.63. The van der Waals surface area contributed by atoms with Crippen molar-refractivity contribution in [3.8, 4) is 0 Å². The van der Waals surface area contributed by atoms with Crippen LogP contribution in [0.3, 0.4) is 0 Å². The Hall–Kier alpha value is -3.39. The van der Waals surface area contributed by atoms with Crippen molar-refractivity contribution in [3.05, 3.63) is 81.8 Å². The van der Waals surface area contributed by atoms with Crippen LogP contribution in [-0.4, -0.2) is 38.0 Å². The molecule has 0 unspecified atom stereocenters. The summed E-state index contributed by atoms with van der Waals surface area (Å²) in [6, 6.07) is 15.8. The third-order valence-corrected chi connectivity index (χ3v) is 6.21. The van der Waals surface area contributed by atoms with Gasteiger partial charge < -0.3 is 4.90 Å². The molecular weight excluding hydrogens is 422 g/mol. The quantitative estimate of drug-likeness (QED) is 0.334. The molecule has 2 heterocycles. The molecule has 4 rings (SSSR count). The number of hydrogen-bond acceptors (Lipinski definition) is 5. The van der Waals surface area contributed by atoms with Crippen LogP contribution in [0, 0.1) is 13.8 Å². The first-order chi connectivity index (χ1) is 15.3. The van der Waals surface area contributed by atoms with Gasteiger partial charge in [-0.25, -0.2) is 4.98 Å². The van der Waals surface area contributed by atoms with Crippen molar-refractivity contribution in [1.29, 1.82) is 0 Å². The molecule has 0 saturated heterocycles. The van der Waals surface area contributed by atoms with Crippen LogP contribution in [0.25, 0.3) is 11.0 Å². The predicted octanol–water partition coefficient (Wildman–Crippen LogP) is 3.55. The second-order valence-electron chi connectivity index (χ2n) is 7.89. The highest BCUT2D eigenvalue weighted by Gasteiger charge is 2.18. The number of thioether (sulfide) groups is 1. The van der Waals surface area contributed by atoms with E-state index in [2.05, 4.69) is 10.1 Å². The zero-order chi connectivity index (χ0) is 22.8. The summed E-state index contributed by atoms with van der Waals surface area (Å²) < 4.78 is 3.19. The third-order valence-electron chi connectivity index (χ3n) is 5.25. The Morgan fingerprint density at radius 1 is 1.09 bits per heavy atom. The van der Waals surface area contributed by atoms with Crippen LogP contribution in [0.2, 0.25) is 0 Å². The Morgan fingerprint density at radius 2 is 1.84 bits per heavy atom. The van der Waals surface area contributed by atoms with Crippen LogP contribution in [0.5, 0.6) is 0 Å². The first-order valence-electron chi connectivity index (χ1n) is 10.3. The van der Waals surface area contributed by atoms with Crippen LogP contribution in [-0.2, 0) is 18.4 Å². The fourth-order valence-electron chi connectivity index (χ4n) is 3.42. The van der Waals surface area contributed by atoms with Crippen molar-refractivity contribution in [2.45, 2.75) is 25.5 Å². The van der Waals surface area contributed by atoms with Gasteiger partial charge in [0.15, 0.2) is 10.7 Å². The van der Waals surface area contributed by atoms with E-state index in [1.165, 1.54) is 11.8 Å². The number of rotatable bonds is 6. The topological polar surface area (TPSA) is 73.0 Å². The number of nitrogens with zero attached hydrogens (tertiary/aromatic N) is 5. The van der Waals surface area contributed by atoms with E-state index < -0.39 is 0 Å². The average Bonchev–Trinajstić information content (AvgIpc) is 3.15. The second-order valence-corrected chi connectivity index (χ2v) is 8.83. The minimum absolute atomic E-state index is 0.0666. The maximum Gasteiger partial charge on any atom is 0.282 e. The van der Waals surface area contributed by atoms with Gasteiger partial charge in [0.2, 0.25) is 5.91 Å². The molecule has 8 heteroatoms. The van der Waals surface area contributed by atoms with E-state index in [1.54, 1.807) is 34.4 Å². The number of carbonyl (C=O) groups excluding carboxylic acids is 1. The summed E-state index contributed by atoms with van der Waals surface area (Å²) in [5, 5.41) is 4.78. The van der Waals surface area contributed by atoms with E-state index in [4.69, 9.17) is 0 Å². The number of aryl methyl sites for hydroxylation is 3. The Kier molecular flexibility index (Phi) is 6.14. The Bertz CT molecular complexity index is 1340. The fraction of sp³-hybridized carbons (Fsp3) is 0.250. The van der Waals surface area contributed by atoms with Crippen LogP contribution < -0.4 is 10.5 Å². The lowest BCUT2D eigenvalue weighted by Gasteiger charge is -2.18. The standard InChI is InChI=1S/C24H25N5O2S/c1-16-8-10-18(11-9-16)13-29-23(31)22-20(14-27(3)26-22)25-24(29)32-15-21(30)28(4)19-7-5-6-17(2)12-19/h5-12,14H,13,15H2,1-4H3. The number of amides is 1. The van der Waals surface area contributed by atoms with Crippen molar-refractivity contribution in [2.24, 2.45) is 7.05 Å². The summed E-state index contributed by atoms with van der Waals surface area (Å²) in [4.78, 5) is 32.4. The van der Waals surface area contributed by atoms with Gasteiger partial charge in [-0.15, -0.1) is 0 Å². The molecule has 0 spiro atoms. The van der Waals surface area contributed by atoms with E-state index in [0.717, 1.165) is 22.4 Å². The summed E-state index contributed by atoms with van der Waals surface area (Å²) in [5.41, 5.74) is 4.71. The van der Waals surface area contributed by atoms with E-state index in [9.17, 15) is 9.59 Å². The molecule has 32 heavy (non-hydrogen) atoms. The van der Waals surface area contributed by atoms with Crippen LogP contribution in [0.15, 0.2) is 64.7 Å². The molecule has 0 atom stereocenters. The number of anilines is 1. The van der Waals surface area contributed by atoms with Crippen LogP contribution in [0.1, 0.15) is 16.7 Å². The lowest BCUT2D eigenvalue weighted by molar-refractivity contribution is -0.115. The molecule has 0 radical (unpaired) electrons. The summed E-state index contributed by atoms with van der Waals surface area (Å²) in [6.45, 7) is 4.38. The van der Waals surface area contributed by atoms with Gasteiger partial charge in [0.25, 0.3) is 5.56 Å². The number of carbonyl (C=O) groups is 1. The predicted molar refractivity (Wildman–Crippen MR) is 128 cm³/mol. The highest BCUT2D eigenvalue weighted by molar-refractivity contribution is 7.99.